The predicted octanol–water partition coefficient (Wildman–Crippen LogP) is 4.93. The number of nitrogens with one attached hydrogen (secondary N) is 2. The first-order chi connectivity index (χ1) is 15.3. The first kappa shape index (κ1) is 17.5. The lowest BCUT2D eigenvalue weighted by Gasteiger charge is -2.04. The molecule has 0 bridgehead atoms. The molecule has 6 rings (SSSR count). The van der Waals surface area contributed by atoms with Gasteiger partial charge in [0, 0.05) is 46.6 Å². The van der Waals surface area contributed by atoms with Gasteiger partial charge in [0.25, 0.3) is 0 Å². The Morgan fingerprint density at radius 2 is 1.68 bits per heavy atom. The van der Waals surface area contributed by atoms with E-state index in [0.29, 0.717) is 0 Å². The van der Waals surface area contributed by atoms with Crippen LogP contribution in [0.4, 0.5) is 0 Å². The molecule has 6 aromatic rings. The maximum atomic E-state index is 4.60. The Labute approximate surface area is 177 Å². The molecule has 0 amide bonds. The van der Waals surface area contributed by atoms with Gasteiger partial charge in [-0.3, -0.25) is 25.0 Å². The first-order valence-corrected chi connectivity index (χ1v) is 9.92. The van der Waals surface area contributed by atoms with E-state index in [9.17, 15) is 0 Å². The molecular formula is C24H17N7. The SMILES string of the molecule is Cc1ccncc1-c1cc2c(-c3cc4c(-c5ccccn5)nccc4[nH]3)n[nH]c2cn1. The highest BCUT2D eigenvalue weighted by Gasteiger charge is 2.16. The number of nitrogens with zero attached hydrogens (tertiary/aromatic N) is 5. The molecule has 0 atom stereocenters. The van der Waals surface area contributed by atoms with Crippen LogP contribution in [0.2, 0.25) is 0 Å². The van der Waals surface area contributed by atoms with Crippen molar-refractivity contribution < 1.29 is 0 Å². The summed E-state index contributed by atoms with van der Waals surface area (Å²) in [5, 5.41) is 9.66. The summed E-state index contributed by atoms with van der Waals surface area (Å²) < 4.78 is 0. The molecule has 7 heteroatoms. The van der Waals surface area contributed by atoms with E-state index in [4.69, 9.17) is 0 Å². The molecule has 148 valence electrons. The van der Waals surface area contributed by atoms with Crippen molar-refractivity contribution in [2.75, 3.05) is 0 Å². The number of fused-ring (bicyclic) bond motifs is 2. The summed E-state index contributed by atoms with van der Waals surface area (Å²) in [6, 6.07) is 13.9. The van der Waals surface area contributed by atoms with E-state index in [1.807, 2.05) is 42.7 Å². The van der Waals surface area contributed by atoms with E-state index in [1.165, 1.54) is 0 Å². The second-order valence-corrected chi connectivity index (χ2v) is 7.40. The van der Waals surface area contributed by atoms with Gasteiger partial charge in [0.1, 0.15) is 5.69 Å². The van der Waals surface area contributed by atoms with Crippen molar-refractivity contribution in [2.24, 2.45) is 0 Å². The van der Waals surface area contributed by atoms with Crippen LogP contribution in [0.15, 0.2) is 73.4 Å². The van der Waals surface area contributed by atoms with Crippen molar-refractivity contribution in [1.29, 1.82) is 0 Å². The summed E-state index contributed by atoms with van der Waals surface area (Å²) in [5.41, 5.74) is 8.29. The standard InChI is InChI=1S/C24H17N7/c1-14-5-8-25-12-17(14)20-10-16-22(13-28-20)30-31-24(16)21-11-15-18(29-21)6-9-27-23(15)19-4-2-3-7-26-19/h2-13,29H,1H3,(H,30,31). The number of H-pyrrole nitrogens is 2. The average molecular weight is 403 g/mol. The zero-order valence-corrected chi connectivity index (χ0v) is 16.7. The zero-order valence-electron chi connectivity index (χ0n) is 16.7. The average Bonchev–Trinajstić information content (AvgIpc) is 3.43. The lowest BCUT2D eigenvalue weighted by Crippen LogP contribution is -1.88. The van der Waals surface area contributed by atoms with Crippen molar-refractivity contribution in [1.82, 2.24) is 35.1 Å². The van der Waals surface area contributed by atoms with Crippen LogP contribution in [0.5, 0.6) is 0 Å². The van der Waals surface area contributed by atoms with Gasteiger partial charge in [0.2, 0.25) is 0 Å². The smallest absolute Gasteiger partial charge is 0.116 e. The van der Waals surface area contributed by atoms with Crippen molar-refractivity contribution in [3.63, 3.8) is 0 Å². The number of aryl methyl sites for hydroxylation is 1. The van der Waals surface area contributed by atoms with Gasteiger partial charge in [0.15, 0.2) is 0 Å². The Morgan fingerprint density at radius 1 is 0.742 bits per heavy atom. The normalized spacial score (nSPS) is 11.4. The molecule has 0 aromatic carbocycles. The third kappa shape index (κ3) is 2.86. The molecule has 0 unspecified atom stereocenters. The number of aromatic nitrogens is 7. The highest BCUT2D eigenvalue weighted by Crippen LogP contribution is 2.33. The lowest BCUT2D eigenvalue weighted by atomic mass is 10.1. The molecule has 7 nitrogen and oxygen atoms in total. The van der Waals surface area contributed by atoms with Gasteiger partial charge in [-0.1, -0.05) is 6.07 Å². The van der Waals surface area contributed by atoms with E-state index in [-0.39, 0.29) is 0 Å². The van der Waals surface area contributed by atoms with Crippen molar-refractivity contribution >= 4 is 21.8 Å². The fraction of sp³-hybridized carbons (Fsp3) is 0.0417. The number of pyridine rings is 4. The quantitative estimate of drug-likeness (QED) is 0.437. The van der Waals surface area contributed by atoms with Gasteiger partial charge >= 0.3 is 0 Å². The molecule has 2 N–H and O–H groups in total. The Kier molecular flexibility index (Phi) is 3.86. The van der Waals surface area contributed by atoms with Crippen LogP contribution < -0.4 is 0 Å². The monoisotopic (exact) mass is 403 g/mol. The predicted molar refractivity (Wildman–Crippen MR) is 120 cm³/mol. The van der Waals surface area contributed by atoms with Gasteiger partial charge in [-0.15, -0.1) is 0 Å². The minimum Gasteiger partial charge on any atom is -0.353 e. The number of hydrogen-bond donors (Lipinski definition) is 2. The van der Waals surface area contributed by atoms with Crippen LogP contribution >= 0.6 is 0 Å². The van der Waals surface area contributed by atoms with Crippen molar-refractivity contribution in [3.8, 4) is 34.0 Å². The number of aromatic amines is 2. The summed E-state index contributed by atoms with van der Waals surface area (Å²) in [5.74, 6) is 0. The highest BCUT2D eigenvalue weighted by molar-refractivity contribution is 6.00. The minimum atomic E-state index is 0.836. The highest BCUT2D eigenvalue weighted by atomic mass is 15.1. The Morgan fingerprint density at radius 3 is 2.55 bits per heavy atom. The maximum Gasteiger partial charge on any atom is 0.116 e. The van der Waals surface area contributed by atoms with E-state index >= 15 is 0 Å². The van der Waals surface area contributed by atoms with Gasteiger partial charge in [-0.2, -0.15) is 5.10 Å². The summed E-state index contributed by atoms with van der Waals surface area (Å²) in [4.78, 5) is 21.4. The summed E-state index contributed by atoms with van der Waals surface area (Å²) in [6.45, 7) is 2.06. The largest absolute Gasteiger partial charge is 0.353 e. The molecule has 0 saturated heterocycles. The zero-order chi connectivity index (χ0) is 20.8. The molecule has 0 aliphatic rings. The van der Waals surface area contributed by atoms with Crippen LogP contribution in [-0.4, -0.2) is 35.1 Å². The summed E-state index contributed by atoms with van der Waals surface area (Å²) >= 11 is 0. The van der Waals surface area contributed by atoms with E-state index in [1.54, 1.807) is 18.6 Å². The van der Waals surface area contributed by atoms with Gasteiger partial charge in [-0.25, -0.2) is 0 Å². The van der Waals surface area contributed by atoms with Crippen LogP contribution in [-0.2, 0) is 0 Å². The number of hydrogen-bond acceptors (Lipinski definition) is 5. The second-order valence-electron chi connectivity index (χ2n) is 7.40. The van der Waals surface area contributed by atoms with Gasteiger partial charge in [-0.05, 0) is 48.9 Å². The van der Waals surface area contributed by atoms with Crippen molar-refractivity contribution in [2.45, 2.75) is 6.92 Å². The van der Waals surface area contributed by atoms with Gasteiger partial charge in [0.05, 0.1) is 34.5 Å². The molecule has 0 spiro atoms. The molecule has 31 heavy (non-hydrogen) atoms. The molecule has 0 aliphatic heterocycles. The lowest BCUT2D eigenvalue weighted by molar-refractivity contribution is 1.11. The van der Waals surface area contributed by atoms with E-state index < -0.39 is 0 Å². The second kappa shape index (κ2) is 6.84. The topological polar surface area (TPSA) is 96.0 Å². The molecular weight excluding hydrogens is 386 g/mol. The summed E-state index contributed by atoms with van der Waals surface area (Å²) in [6.07, 6.45) is 9.02. The fourth-order valence-electron chi connectivity index (χ4n) is 3.89. The first-order valence-electron chi connectivity index (χ1n) is 9.92. The molecule has 6 heterocycles. The fourth-order valence-corrected chi connectivity index (χ4v) is 3.89. The summed E-state index contributed by atoms with van der Waals surface area (Å²) in [7, 11) is 0. The van der Waals surface area contributed by atoms with E-state index in [2.05, 4.69) is 54.2 Å². The third-order valence-corrected chi connectivity index (χ3v) is 5.47. The Balaban J connectivity index is 1.52. The van der Waals surface area contributed by atoms with Crippen LogP contribution in [0.25, 0.3) is 55.8 Å². The van der Waals surface area contributed by atoms with Crippen LogP contribution in [0.1, 0.15) is 5.56 Å². The van der Waals surface area contributed by atoms with Crippen LogP contribution in [0.3, 0.4) is 0 Å². The molecule has 0 fully saturated rings. The maximum absolute atomic E-state index is 4.60. The molecule has 0 radical (unpaired) electrons. The van der Waals surface area contributed by atoms with Crippen molar-refractivity contribution in [3.05, 3.63) is 79.0 Å². The Bertz CT molecular complexity index is 1550. The van der Waals surface area contributed by atoms with Crippen LogP contribution in [0, 0.1) is 6.92 Å². The Hall–Kier alpha value is -4.39. The molecule has 0 saturated carbocycles. The molecule has 6 aromatic heterocycles. The minimum absolute atomic E-state index is 0.836. The third-order valence-electron chi connectivity index (χ3n) is 5.47. The molecule has 0 aliphatic carbocycles. The van der Waals surface area contributed by atoms with E-state index in [0.717, 1.165) is 61.4 Å². The van der Waals surface area contributed by atoms with Gasteiger partial charge < -0.3 is 4.98 Å². The number of rotatable bonds is 3.